The number of nitrogens with one attached hydrogen (secondary N) is 1. The number of Topliss-reactive ketones (excluding diaryl/α,β-unsaturated/α-hetero) is 1. The molecular formula is C26H32N2O7S. The lowest BCUT2D eigenvalue weighted by atomic mass is 9.84. The minimum atomic E-state index is -3.59. The molecule has 0 atom stereocenters. The summed E-state index contributed by atoms with van der Waals surface area (Å²) in [6, 6.07) is 10.1. The topological polar surface area (TPSA) is 126 Å². The molecule has 1 aliphatic carbocycles. The summed E-state index contributed by atoms with van der Waals surface area (Å²) in [5.74, 6) is 1.83. The molecular weight excluding hydrogens is 484 g/mol. The van der Waals surface area contributed by atoms with Gasteiger partial charge in [0.1, 0.15) is 0 Å². The molecule has 2 aromatic rings. The molecule has 194 valence electrons. The summed E-state index contributed by atoms with van der Waals surface area (Å²) in [4.78, 5) is 13.5. The van der Waals surface area contributed by atoms with Crippen LogP contribution in [-0.2, 0) is 14.8 Å². The van der Waals surface area contributed by atoms with Gasteiger partial charge in [-0.05, 0) is 60.4 Å². The highest BCUT2D eigenvalue weighted by atomic mass is 32.2. The van der Waals surface area contributed by atoms with Gasteiger partial charge in [0.25, 0.3) is 0 Å². The van der Waals surface area contributed by atoms with E-state index in [0.29, 0.717) is 34.1 Å². The summed E-state index contributed by atoms with van der Waals surface area (Å²) in [5.41, 5.74) is 7.87. The van der Waals surface area contributed by atoms with Gasteiger partial charge in [0, 0.05) is 23.7 Å². The van der Waals surface area contributed by atoms with Gasteiger partial charge in [-0.25, -0.2) is 13.1 Å². The lowest BCUT2D eigenvalue weighted by molar-refractivity contribution is -0.113. The summed E-state index contributed by atoms with van der Waals surface area (Å²) in [5, 5.41) is 0. The predicted molar refractivity (Wildman–Crippen MR) is 139 cm³/mol. The third-order valence-electron chi connectivity index (χ3n) is 5.75. The van der Waals surface area contributed by atoms with Crippen LogP contribution in [0.1, 0.15) is 24.0 Å². The van der Waals surface area contributed by atoms with Gasteiger partial charge >= 0.3 is 0 Å². The highest BCUT2D eigenvalue weighted by Crippen LogP contribution is 2.33. The van der Waals surface area contributed by atoms with Gasteiger partial charge in [-0.2, -0.15) is 0 Å². The molecule has 0 bridgehead atoms. The fourth-order valence-electron chi connectivity index (χ4n) is 4.08. The molecule has 0 spiro atoms. The largest absolute Gasteiger partial charge is 0.493 e. The quantitative estimate of drug-likeness (QED) is 0.462. The van der Waals surface area contributed by atoms with E-state index in [1.54, 1.807) is 50.6 Å². The molecule has 3 N–H and O–H groups in total. The Morgan fingerprint density at radius 2 is 1.28 bits per heavy atom. The summed E-state index contributed by atoms with van der Waals surface area (Å²) < 4.78 is 48.9. The van der Waals surface area contributed by atoms with Crippen molar-refractivity contribution in [2.75, 3.05) is 40.7 Å². The Balaban J connectivity index is 2.03. The van der Waals surface area contributed by atoms with Crippen LogP contribution < -0.4 is 29.4 Å². The molecule has 9 nitrogen and oxygen atoms in total. The van der Waals surface area contributed by atoms with E-state index >= 15 is 0 Å². The minimum absolute atomic E-state index is 0.00363. The Bertz CT molecular complexity index is 1190. The number of carbonyl (C=O) groups is 1. The molecule has 0 unspecified atom stereocenters. The molecule has 36 heavy (non-hydrogen) atoms. The van der Waals surface area contributed by atoms with Crippen molar-refractivity contribution in [3.8, 4) is 23.0 Å². The number of ether oxygens (including phenoxy) is 4. The molecule has 2 aromatic carbocycles. The lowest BCUT2D eigenvalue weighted by Gasteiger charge is -2.26. The van der Waals surface area contributed by atoms with Crippen molar-refractivity contribution in [3.05, 3.63) is 58.7 Å². The SMILES string of the molecule is COc1ccc(/C=C2\CC(NS(=O)(=O)CCN)C/C(=C\c3ccc(OC)c(OC)c3)C2=O)cc1OC. The van der Waals surface area contributed by atoms with Gasteiger partial charge in [-0.1, -0.05) is 12.1 Å². The summed E-state index contributed by atoms with van der Waals surface area (Å²) in [6.07, 6.45) is 3.97. The van der Waals surface area contributed by atoms with E-state index in [4.69, 9.17) is 24.7 Å². The lowest BCUT2D eigenvalue weighted by Crippen LogP contribution is -2.41. The normalized spacial score (nSPS) is 18.4. The van der Waals surface area contributed by atoms with Gasteiger partial charge in [0.15, 0.2) is 28.8 Å². The number of carbonyl (C=O) groups excluding carboxylic acids is 1. The molecule has 3 rings (SSSR count). The zero-order valence-corrected chi connectivity index (χ0v) is 21.7. The molecule has 0 heterocycles. The summed E-state index contributed by atoms with van der Waals surface area (Å²) in [6.45, 7) is 0.00363. The Kier molecular flexibility index (Phi) is 9.14. The third kappa shape index (κ3) is 6.66. The maximum atomic E-state index is 13.5. The average molecular weight is 517 g/mol. The Hall–Kier alpha value is -3.34. The smallest absolute Gasteiger partial charge is 0.213 e. The second kappa shape index (κ2) is 12.1. The number of nitrogens with two attached hydrogens (primary N) is 1. The first-order chi connectivity index (χ1) is 17.2. The minimum Gasteiger partial charge on any atom is -0.493 e. The van der Waals surface area contributed by atoms with Crippen LogP contribution in [0, 0.1) is 0 Å². The Morgan fingerprint density at radius 1 is 0.833 bits per heavy atom. The van der Waals surface area contributed by atoms with Crippen LogP contribution in [0.2, 0.25) is 0 Å². The van der Waals surface area contributed by atoms with Crippen molar-refractivity contribution in [2.45, 2.75) is 18.9 Å². The molecule has 0 radical (unpaired) electrons. The highest BCUT2D eigenvalue weighted by Gasteiger charge is 2.30. The number of ketones is 1. The zero-order chi connectivity index (χ0) is 26.3. The van der Waals surface area contributed by atoms with Crippen LogP contribution in [0.4, 0.5) is 0 Å². The Labute approximate surface area is 211 Å². The van der Waals surface area contributed by atoms with Crippen molar-refractivity contribution >= 4 is 28.0 Å². The van der Waals surface area contributed by atoms with Crippen LogP contribution in [0.3, 0.4) is 0 Å². The molecule has 1 saturated carbocycles. The van der Waals surface area contributed by atoms with Crippen LogP contribution in [0.15, 0.2) is 47.5 Å². The van der Waals surface area contributed by atoms with Crippen molar-refractivity contribution in [1.29, 1.82) is 0 Å². The fourth-order valence-corrected chi connectivity index (χ4v) is 5.19. The average Bonchev–Trinajstić information content (AvgIpc) is 2.86. The number of sulfonamides is 1. The first-order valence-corrected chi connectivity index (χ1v) is 13.0. The Morgan fingerprint density at radius 3 is 1.67 bits per heavy atom. The predicted octanol–water partition coefficient (Wildman–Crippen LogP) is 2.80. The molecule has 0 amide bonds. The number of rotatable bonds is 10. The van der Waals surface area contributed by atoms with Crippen LogP contribution in [-0.4, -0.2) is 61.0 Å². The number of hydrogen-bond donors (Lipinski definition) is 2. The van der Waals surface area contributed by atoms with Crippen molar-refractivity contribution in [3.63, 3.8) is 0 Å². The van der Waals surface area contributed by atoms with E-state index in [1.807, 2.05) is 12.1 Å². The number of benzene rings is 2. The second-order valence-corrected chi connectivity index (χ2v) is 10.1. The number of hydrogen-bond acceptors (Lipinski definition) is 8. The summed E-state index contributed by atoms with van der Waals surface area (Å²) >= 11 is 0. The van der Waals surface area contributed by atoms with Crippen molar-refractivity contribution < 1.29 is 32.2 Å². The van der Waals surface area contributed by atoms with E-state index in [1.165, 1.54) is 14.2 Å². The first kappa shape index (κ1) is 27.3. The van der Waals surface area contributed by atoms with Crippen LogP contribution >= 0.6 is 0 Å². The van der Waals surface area contributed by atoms with Crippen LogP contribution in [0.5, 0.6) is 23.0 Å². The van der Waals surface area contributed by atoms with Crippen molar-refractivity contribution in [1.82, 2.24) is 4.72 Å². The van der Waals surface area contributed by atoms with Crippen LogP contribution in [0.25, 0.3) is 12.2 Å². The molecule has 0 aliphatic heterocycles. The second-order valence-electron chi connectivity index (χ2n) is 8.23. The molecule has 1 fully saturated rings. The molecule has 1 aliphatic rings. The van der Waals surface area contributed by atoms with Gasteiger partial charge in [0.2, 0.25) is 10.0 Å². The maximum absolute atomic E-state index is 13.5. The first-order valence-electron chi connectivity index (χ1n) is 11.3. The van der Waals surface area contributed by atoms with E-state index in [0.717, 1.165) is 11.1 Å². The molecule has 10 heteroatoms. The highest BCUT2D eigenvalue weighted by molar-refractivity contribution is 7.89. The van der Waals surface area contributed by atoms with E-state index < -0.39 is 16.1 Å². The van der Waals surface area contributed by atoms with Gasteiger partial charge in [-0.3, -0.25) is 4.79 Å². The number of methoxy groups -OCH3 is 4. The molecule has 0 aromatic heterocycles. The van der Waals surface area contributed by atoms with Crippen molar-refractivity contribution in [2.24, 2.45) is 5.73 Å². The van der Waals surface area contributed by atoms with Gasteiger partial charge in [0.05, 0.1) is 34.2 Å². The monoisotopic (exact) mass is 516 g/mol. The zero-order valence-electron chi connectivity index (χ0n) is 20.9. The van der Waals surface area contributed by atoms with E-state index in [9.17, 15) is 13.2 Å². The maximum Gasteiger partial charge on any atom is 0.213 e. The van der Waals surface area contributed by atoms with E-state index in [2.05, 4.69) is 4.72 Å². The molecule has 0 saturated heterocycles. The standard InChI is InChI=1S/C26H32N2O7S/c1-32-22-7-5-17(13-24(22)34-3)11-19-15-21(28-36(30,31)10-9-27)16-20(26(19)29)12-18-6-8-23(33-2)25(14-18)35-4/h5-8,11-14,21,28H,9-10,15-16,27H2,1-4H3/b19-11+,20-12+. The van der Waals surface area contributed by atoms with E-state index in [-0.39, 0.29) is 30.9 Å². The third-order valence-corrected chi connectivity index (χ3v) is 7.21. The fraction of sp³-hybridized carbons (Fsp3) is 0.346. The van der Waals surface area contributed by atoms with Gasteiger partial charge < -0.3 is 24.7 Å². The summed E-state index contributed by atoms with van der Waals surface area (Å²) in [7, 11) is 2.57. The van der Waals surface area contributed by atoms with Gasteiger partial charge in [-0.15, -0.1) is 0 Å².